The number of hydrogen-bond donors (Lipinski definition) is 1. The van der Waals surface area contributed by atoms with Crippen molar-refractivity contribution in [1.82, 2.24) is 20.0 Å². The number of anilines is 1. The molecule has 0 aliphatic carbocycles. The van der Waals surface area contributed by atoms with Crippen molar-refractivity contribution >= 4 is 17.6 Å². The number of nitrogens with zero attached hydrogens (tertiary/aromatic N) is 4. The molecule has 0 atom stereocenters. The first-order valence-electron chi connectivity index (χ1n) is 11.0. The van der Waals surface area contributed by atoms with Gasteiger partial charge in [-0.2, -0.15) is 10.2 Å². The summed E-state index contributed by atoms with van der Waals surface area (Å²) >= 11 is 0. The molecule has 1 aromatic heterocycles. The highest BCUT2D eigenvalue weighted by Crippen LogP contribution is 2.31. The van der Waals surface area contributed by atoms with Crippen LogP contribution in [0, 0.1) is 5.41 Å². The van der Waals surface area contributed by atoms with Crippen LogP contribution in [-0.4, -0.2) is 58.1 Å². The molecule has 7 heteroatoms. The predicted octanol–water partition coefficient (Wildman–Crippen LogP) is 3.86. The maximum Gasteiger partial charge on any atom is 0.321 e. The van der Waals surface area contributed by atoms with E-state index in [9.17, 15) is 9.59 Å². The molecule has 0 saturated carbocycles. The van der Waals surface area contributed by atoms with Gasteiger partial charge in [0.05, 0.1) is 5.69 Å². The molecule has 0 bridgehead atoms. The van der Waals surface area contributed by atoms with Crippen LogP contribution < -0.4 is 5.32 Å². The van der Waals surface area contributed by atoms with Crippen molar-refractivity contribution in [3.8, 4) is 0 Å². The minimum Gasteiger partial charge on any atom is -0.342 e. The third kappa shape index (κ3) is 4.86. The van der Waals surface area contributed by atoms with Gasteiger partial charge in [-0.15, -0.1) is 0 Å². The average molecular weight is 422 g/mol. The van der Waals surface area contributed by atoms with Gasteiger partial charge < -0.3 is 15.1 Å². The Hall–Kier alpha value is -2.96. The Labute approximate surface area is 183 Å². The number of urea groups is 1. The lowest BCUT2D eigenvalue weighted by Crippen LogP contribution is -2.50. The second-order valence-electron chi connectivity index (χ2n) is 9.62. The zero-order chi connectivity index (χ0) is 22.0. The van der Waals surface area contributed by atoms with Gasteiger partial charge in [0.2, 0.25) is 5.91 Å². The molecule has 7 nitrogen and oxygen atoms in total. The summed E-state index contributed by atoms with van der Waals surface area (Å²) in [6.07, 6.45) is 3.61. The molecule has 4 rings (SSSR count). The fraction of sp³-hybridized carbons (Fsp3) is 0.500. The Balaban J connectivity index is 1.26. The predicted molar refractivity (Wildman–Crippen MR) is 120 cm³/mol. The summed E-state index contributed by atoms with van der Waals surface area (Å²) in [6, 6.07) is 11.9. The van der Waals surface area contributed by atoms with Gasteiger partial charge in [0, 0.05) is 49.4 Å². The molecule has 0 spiro atoms. The van der Waals surface area contributed by atoms with Gasteiger partial charge in [-0.3, -0.25) is 4.79 Å². The zero-order valence-corrected chi connectivity index (χ0v) is 18.5. The van der Waals surface area contributed by atoms with Crippen molar-refractivity contribution in [2.75, 3.05) is 31.5 Å². The van der Waals surface area contributed by atoms with Crippen molar-refractivity contribution in [2.45, 2.75) is 45.4 Å². The Bertz CT molecular complexity index is 909. The second-order valence-corrected chi connectivity index (χ2v) is 9.62. The van der Waals surface area contributed by atoms with Gasteiger partial charge in [0.1, 0.15) is 0 Å². The molecular formula is C24H31N5O2. The number of piperidine rings is 1. The van der Waals surface area contributed by atoms with Crippen LogP contribution in [0.4, 0.5) is 10.5 Å². The zero-order valence-electron chi connectivity index (χ0n) is 18.5. The van der Waals surface area contributed by atoms with Crippen molar-refractivity contribution in [3.05, 3.63) is 53.9 Å². The van der Waals surface area contributed by atoms with E-state index < -0.39 is 0 Å². The largest absolute Gasteiger partial charge is 0.342 e. The Kier molecular flexibility index (Phi) is 5.94. The quantitative estimate of drug-likeness (QED) is 0.816. The molecular weight excluding hydrogens is 390 g/mol. The summed E-state index contributed by atoms with van der Waals surface area (Å²) in [5, 5.41) is 11.0. The molecule has 2 aromatic rings. The molecule has 2 saturated heterocycles. The summed E-state index contributed by atoms with van der Waals surface area (Å²) in [4.78, 5) is 28.7. The first-order valence-corrected chi connectivity index (χ1v) is 11.0. The average Bonchev–Trinajstić information content (AvgIpc) is 2.73. The highest BCUT2D eigenvalue weighted by molar-refractivity contribution is 5.90. The number of likely N-dealkylation sites (tertiary alicyclic amines) is 2. The number of carbonyl (C=O) groups is 2. The molecule has 1 aromatic carbocycles. The Morgan fingerprint density at radius 2 is 1.65 bits per heavy atom. The first kappa shape index (κ1) is 21.3. The van der Waals surface area contributed by atoms with Crippen LogP contribution in [0.15, 0.2) is 42.6 Å². The molecule has 0 unspecified atom stereocenters. The standard InChI is InChI=1S/C24H31N5O2/c1-24(2,3)22(30)28-13-10-18(11-14-28)17-6-8-20(9-7-17)26-23(31)29-15-19(16-29)21-5-4-12-25-27-21/h4-9,12,18-19H,10-11,13-16H2,1-3H3,(H,26,31). The number of amides is 3. The van der Waals surface area contributed by atoms with Gasteiger partial charge in [-0.1, -0.05) is 32.9 Å². The molecule has 2 aliphatic heterocycles. The second kappa shape index (κ2) is 8.65. The fourth-order valence-electron chi connectivity index (χ4n) is 4.29. The Morgan fingerprint density at radius 3 is 2.23 bits per heavy atom. The van der Waals surface area contributed by atoms with Crippen molar-refractivity contribution in [2.24, 2.45) is 5.41 Å². The summed E-state index contributed by atoms with van der Waals surface area (Å²) in [5.41, 5.74) is 2.69. The number of aromatic nitrogens is 2. The lowest BCUT2D eigenvalue weighted by Gasteiger charge is -2.38. The molecule has 2 aliphatic rings. The monoisotopic (exact) mass is 421 g/mol. The normalized spacial score (nSPS) is 17.9. The van der Waals surface area contributed by atoms with E-state index in [-0.39, 0.29) is 23.3 Å². The summed E-state index contributed by atoms with van der Waals surface area (Å²) < 4.78 is 0. The van der Waals surface area contributed by atoms with E-state index >= 15 is 0 Å². The molecule has 164 valence electrons. The lowest BCUT2D eigenvalue weighted by atomic mass is 9.87. The topological polar surface area (TPSA) is 78.4 Å². The van der Waals surface area contributed by atoms with Crippen molar-refractivity contribution < 1.29 is 9.59 Å². The minimum atomic E-state index is -0.322. The van der Waals surface area contributed by atoms with Crippen molar-refractivity contribution in [3.63, 3.8) is 0 Å². The molecule has 3 amide bonds. The maximum atomic E-state index is 12.5. The van der Waals surface area contributed by atoms with Gasteiger partial charge in [0.25, 0.3) is 0 Å². The third-order valence-electron chi connectivity index (χ3n) is 6.24. The number of nitrogens with one attached hydrogen (secondary N) is 1. The summed E-state index contributed by atoms with van der Waals surface area (Å²) in [7, 11) is 0. The van der Waals surface area contributed by atoms with E-state index in [0.29, 0.717) is 19.0 Å². The molecule has 0 radical (unpaired) electrons. The van der Waals surface area contributed by atoms with Gasteiger partial charge in [0.15, 0.2) is 0 Å². The van der Waals surface area contributed by atoms with E-state index in [1.807, 2.05) is 49.9 Å². The highest BCUT2D eigenvalue weighted by atomic mass is 16.2. The maximum absolute atomic E-state index is 12.5. The molecule has 31 heavy (non-hydrogen) atoms. The summed E-state index contributed by atoms with van der Waals surface area (Å²) in [6.45, 7) is 8.87. The number of carbonyl (C=O) groups excluding carboxylic acids is 2. The smallest absolute Gasteiger partial charge is 0.321 e. The van der Waals surface area contributed by atoms with E-state index in [1.165, 1.54) is 5.56 Å². The van der Waals surface area contributed by atoms with E-state index in [0.717, 1.165) is 37.3 Å². The number of rotatable bonds is 3. The van der Waals surface area contributed by atoms with Crippen LogP contribution in [0.1, 0.15) is 56.7 Å². The Morgan fingerprint density at radius 1 is 0.968 bits per heavy atom. The van der Waals surface area contributed by atoms with Crippen LogP contribution in [0.3, 0.4) is 0 Å². The van der Waals surface area contributed by atoms with Crippen LogP contribution in [0.25, 0.3) is 0 Å². The van der Waals surface area contributed by atoms with E-state index in [4.69, 9.17) is 0 Å². The van der Waals surface area contributed by atoms with Gasteiger partial charge in [-0.25, -0.2) is 4.79 Å². The van der Waals surface area contributed by atoms with Gasteiger partial charge in [-0.05, 0) is 48.6 Å². The van der Waals surface area contributed by atoms with E-state index in [2.05, 4.69) is 27.6 Å². The number of benzene rings is 1. The molecule has 3 heterocycles. The first-order chi connectivity index (χ1) is 14.8. The number of hydrogen-bond acceptors (Lipinski definition) is 4. The van der Waals surface area contributed by atoms with E-state index in [1.54, 1.807) is 11.1 Å². The summed E-state index contributed by atoms with van der Waals surface area (Å²) in [5.74, 6) is 0.950. The molecule has 1 N–H and O–H groups in total. The van der Waals surface area contributed by atoms with Crippen LogP contribution in [0.2, 0.25) is 0 Å². The fourth-order valence-corrected chi connectivity index (χ4v) is 4.29. The highest BCUT2D eigenvalue weighted by Gasteiger charge is 2.33. The van der Waals surface area contributed by atoms with Crippen LogP contribution in [-0.2, 0) is 4.79 Å². The van der Waals surface area contributed by atoms with Crippen LogP contribution >= 0.6 is 0 Å². The minimum absolute atomic E-state index is 0.0816. The molecule has 2 fully saturated rings. The van der Waals surface area contributed by atoms with Gasteiger partial charge >= 0.3 is 6.03 Å². The van der Waals surface area contributed by atoms with Crippen molar-refractivity contribution in [1.29, 1.82) is 0 Å². The lowest BCUT2D eigenvalue weighted by molar-refractivity contribution is -0.140. The third-order valence-corrected chi connectivity index (χ3v) is 6.24. The SMILES string of the molecule is CC(C)(C)C(=O)N1CCC(c2ccc(NC(=O)N3CC(c4cccnn4)C3)cc2)CC1. The van der Waals surface area contributed by atoms with Crippen LogP contribution in [0.5, 0.6) is 0 Å².